The minimum atomic E-state index is -0.355. The molecule has 1 unspecified atom stereocenters. The van der Waals surface area contributed by atoms with E-state index in [0.29, 0.717) is 13.1 Å². The summed E-state index contributed by atoms with van der Waals surface area (Å²) >= 11 is 0. The van der Waals surface area contributed by atoms with Gasteiger partial charge >= 0.3 is 0 Å². The van der Waals surface area contributed by atoms with Crippen LogP contribution >= 0.6 is 0 Å². The third kappa shape index (κ3) is 3.67. The molecule has 2 amide bonds. The smallest absolute Gasteiger partial charge is 0.241 e. The molecule has 1 heterocycles. The molecule has 1 aliphatic carbocycles. The van der Waals surface area contributed by atoms with Crippen LogP contribution < -0.4 is 10.6 Å². The highest BCUT2D eigenvalue weighted by Crippen LogP contribution is 2.23. The van der Waals surface area contributed by atoms with Gasteiger partial charge in [0.1, 0.15) is 6.04 Å². The van der Waals surface area contributed by atoms with E-state index in [1.54, 1.807) is 4.90 Å². The number of piperazine rings is 1. The molecule has 108 valence electrons. The zero-order chi connectivity index (χ0) is 13.7. The van der Waals surface area contributed by atoms with Crippen LogP contribution in [0.4, 0.5) is 0 Å². The third-order valence-corrected chi connectivity index (χ3v) is 3.95. The number of nitrogens with zero attached hydrogens (tertiary/aromatic N) is 1. The quantitative estimate of drug-likeness (QED) is 0.626. The zero-order valence-electron chi connectivity index (χ0n) is 11.2. The lowest BCUT2D eigenvalue weighted by Gasteiger charge is -2.37. The summed E-state index contributed by atoms with van der Waals surface area (Å²) in [6.07, 6.45) is 5.56. The van der Waals surface area contributed by atoms with Crippen molar-refractivity contribution in [2.45, 2.75) is 44.2 Å². The van der Waals surface area contributed by atoms with Crippen molar-refractivity contribution < 1.29 is 14.7 Å². The Morgan fingerprint density at radius 1 is 1.32 bits per heavy atom. The maximum Gasteiger partial charge on any atom is 0.241 e. The van der Waals surface area contributed by atoms with Crippen LogP contribution in [0.1, 0.15) is 32.1 Å². The lowest BCUT2D eigenvalue weighted by Crippen LogP contribution is -2.60. The number of hydrogen-bond donors (Lipinski definition) is 3. The Morgan fingerprint density at radius 3 is 2.63 bits per heavy atom. The first kappa shape index (κ1) is 14.3. The SMILES string of the molecule is O=C1CNC(C(=O)N(CCO)C2CCCCC2)CN1. The number of nitrogens with one attached hydrogen (secondary N) is 2. The molecule has 2 aliphatic rings. The molecule has 2 rings (SSSR count). The first-order valence-corrected chi connectivity index (χ1v) is 7.14. The number of aliphatic hydroxyl groups excluding tert-OH is 1. The van der Waals surface area contributed by atoms with Gasteiger partial charge in [-0.05, 0) is 12.8 Å². The van der Waals surface area contributed by atoms with Crippen molar-refractivity contribution in [1.82, 2.24) is 15.5 Å². The van der Waals surface area contributed by atoms with Gasteiger partial charge in [-0.25, -0.2) is 0 Å². The van der Waals surface area contributed by atoms with Crippen LogP contribution in [0.25, 0.3) is 0 Å². The van der Waals surface area contributed by atoms with Gasteiger partial charge in [0.05, 0.1) is 13.2 Å². The fourth-order valence-corrected chi connectivity index (χ4v) is 2.91. The van der Waals surface area contributed by atoms with E-state index < -0.39 is 0 Å². The molecule has 0 spiro atoms. The molecule has 0 bridgehead atoms. The predicted octanol–water partition coefficient (Wildman–Crippen LogP) is -0.772. The maximum atomic E-state index is 12.5. The Bertz CT molecular complexity index is 319. The molecule has 1 saturated heterocycles. The van der Waals surface area contributed by atoms with Crippen LogP contribution in [0.15, 0.2) is 0 Å². The summed E-state index contributed by atoms with van der Waals surface area (Å²) in [6, 6.07) is -0.112. The molecule has 19 heavy (non-hydrogen) atoms. The number of amides is 2. The van der Waals surface area contributed by atoms with Gasteiger partial charge in [-0.1, -0.05) is 19.3 Å². The van der Waals surface area contributed by atoms with E-state index in [4.69, 9.17) is 0 Å². The summed E-state index contributed by atoms with van der Waals surface area (Å²) in [5, 5.41) is 14.8. The van der Waals surface area contributed by atoms with Crippen LogP contribution in [-0.4, -0.2) is 60.1 Å². The van der Waals surface area contributed by atoms with Crippen molar-refractivity contribution in [3.63, 3.8) is 0 Å². The van der Waals surface area contributed by atoms with E-state index >= 15 is 0 Å². The summed E-state index contributed by atoms with van der Waals surface area (Å²) < 4.78 is 0. The van der Waals surface area contributed by atoms with E-state index in [9.17, 15) is 14.7 Å². The minimum Gasteiger partial charge on any atom is -0.395 e. The van der Waals surface area contributed by atoms with E-state index in [1.807, 2.05) is 0 Å². The zero-order valence-corrected chi connectivity index (χ0v) is 11.2. The minimum absolute atomic E-state index is 0.000880. The van der Waals surface area contributed by atoms with Crippen molar-refractivity contribution in [3.05, 3.63) is 0 Å². The van der Waals surface area contributed by atoms with Crippen LogP contribution in [0.5, 0.6) is 0 Å². The topological polar surface area (TPSA) is 81.7 Å². The highest BCUT2D eigenvalue weighted by molar-refractivity contribution is 5.87. The second-order valence-corrected chi connectivity index (χ2v) is 5.28. The molecule has 1 aliphatic heterocycles. The first-order valence-electron chi connectivity index (χ1n) is 7.14. The molecular weight excluding hydrogens is 246 g/mol. The van der Waals surface area contributed by atoms with Crippen molar-refractivity contribution in [2.24, 2.45) is 0 Å². The monoisotopic (exact) mass is 269 g/mol. The molecular formula is C13H23N3O3. The summed E-state index contributed by atoms with van der Waals surface area (Å²) in [6.45, 7) is 0.900. The molecule has 6 nitrogen and oxygen atoms in total. The van der Waals surface area contributed by atoms with Crippen LogP contribution in [0.2, 0.25) is 0 Å². The second kappa shape index (κ2) is 6.86. The van der Waals surface area contributed by atoms with Gasteiger partial charge in [-0.15, -0.1) is 0 Å². The van der Waals surface area contributed by atoms with Crippen molar-refractivity contribution >= 4 is 11.8 Å². The van der Waals surface area contributed by atoms with Gasteiger partial charge in [-0.2, -0.15) is 0 Å². The average Bonchev–Trinajstić information content (AvgIpc) is 2.46. The number of rotatable bonds is 4. The largest absolute Gasteiger partial charge is 0.395 e. The molecule has 1 atom stereocenters. The van der Waals surface area contributed by atoms with Gasteiger partial charge in [0.15, 0.2) is 0 Å². The Kier molecular flexibility index (Phi) is 5.15. The average molecular weight is 269 g/mol. The molecule has 2 fully saturated rings. The first-order chi connectivity index (χ1) is 9.22. The van der Waals surface area contributed by atoms with Crippen molar-refractivity contribution in [3.8, 4) is 0 Å². The summed E-state index contributed by atoms with van der Waals surface area (Å²) in [4.78, 5) is 25.4. The van der Waals surface area contributed by atoms with Crippen LogP contribution in [0, 0.1) is 0 Å². The molecule has 0 radical (unpaired) electrons. The highest BCUT2D eigenvalue weighted by atomic mass is 16.3. The number of carbonyl (C=O) groups is 2. The highest BCUT2D eigenvalue weighted by Gasteiger charge is 2.32. The van der Waals surface area contributed by atoms with Gasteiger partial charge in [0, 0.05) is 19.1 Å². The lowest BCUT2D eigenvalue weighted by atomic mass is 9.93. The molecule has 0 aromatic carbocycles. The van der Waals surface area contributed by atoms with Crippen LogP contribution in [0.3, 0.4) is 0 Å². The summed E-state index contributed by atoms with van der Waals surface area (Å²) in [5.74, 6) is -0.0728. The van der Waals surface area contributed by atoms with Gasteiger partial charge < -0.3 is 15.3 Å². The summed E-state index contributed by atoms with van der Waals surface area (Å²) in [5.41, 5.74) is 0. The number of aliphatic hydroxyl groups is 1. The van der Waals surface area contributed by atoms with Gasteiger partial charge in [0.25, 0.3) is 0 Å². The standard InChI is InChI=1S/C13H23N3O3/c17-7-6-16(10-4-2-1-3-5-10)13(19)11-8-15-12(18)9-14-11/h10-11,14,17H,1-9H2,(H,15,18). The Hall–Kier alpha value is -1.14. The molecule has 0 aromatic rings. The number of carbonyl (C=O) groups excluding carboxylic acids is 2. The van der Waals surface area contributed by atoms with E-state index in [0.717, 1.165) is 25.7 Å². The summed E-state index contributed by atoms with van der Waals surface area (Å²) in [7, 11) is 0. The Morgan fingerprint density at radius 2 is 2.05 bits per heavy atom. The molecule has 1 saturated carbocycles. The molecule has 0 aromatic heterocycles. The van der Waals surface area contributed by atoms with Crippen LogP contribution in [-0.2, 0) is 9.59 Å². The van der Waals surface area contributed by atoms with E-state index in [-0.39, 0.29) is 37.0 Å². The van der Waals surface area contributed by atoms with E-state index in [1.165, 1.54) is 6.42 Å². The maximum absolute atomic E-state index is 12.5. The molecule has 3 N–H and O–H groups in total. The number of hydrogen-bond acceptors (Lipinski definition) is 4. The molecule has 6 heteroatoms. The predicted molar refractivity (Wildman–Crippen MR) is 70.5 cm³/mol. The van der Waals surface area contributed by atoms with E-state index in [2.05, 4.69) is 10.6 Å². The fourth-order valence-electron chi connectivity index (χ4n) is 2.91. The Balaban J connectivity index is 1.96. The van der Waals surface area contributed by atoms with Gasteiger partial charge in [0.2, 0.25) is 11.8 Å². The van der Waals surface area contributed by atoms with Crippen molar-refractivity contribution in [1.29, 1.82) is 0 Å². The Labute approximate surface area is 113 Å². The fraction of sp³-hybridized carbons (Fsp3) is 0.846. The van der Waals surface area contributed by atoms with Gasteiger partial charge in [-0.3, -0.25) is 14.9 Å². The normalized spacial score (nSPS) is 24.9. The second-order valence-electron chi connectivity index (χ2n) is 5.28. The van der Waals surface area contributed by atoms with Crippen molar-refractivity contribution in [2.75, 3.05) is 26.2 Å². The third-order valence-electron chi connectivity index (χ3n) is 3.95. The lowest BCUT2D eigenvalue weighted by molar-refractivity contribution is -0.138.